The van der Waals surface area contributed by atoms with Crippen molar-refractivity contribution in [1.82, 2.24) is 4.90 Å². The standard InChI is InChI=1S/C21H21NOS/c23-21(14-18-6-3-5-17-4-1-2-7-20(17)18)22-11-8-16(9-12-22)19-10-13-24-15-19/h1-7,10,13,15-16H,8-9,11-12,14H2. The molecule has 1 fully saturated rings. The third kappa shape index (κ3) is 3.09. The summed E-state index contributed by atoms with van der Waals surface area (Å²) in [5.74, 6) is 0.882. The Kier molecular flexibility index (Phi) is 4.35. The fourth-order valence-electron chi connectivity index (χ4n) is 3.69. The molecule has 1 saturated heterocycles. The molecule has 1 amide bonds. The number of amides is 1. The van der Waals surface area contributed by atoms with E-state index in [4.69, 9.17) is 0 Å². The first-order valence-electron chi connectivity index (χ1n) is 8.58. The Labute approximate surface area is 146 Å². The monoisotopic (exact) mass is 335 g/mol. The van der Waals surface area contributed by atoms with Crippen LogP contribution in [0.4, 0.5) is 0 Å². The van der Waals surface area contributed by atoms with E-state index >= 15 is 0 Å². The lowest BCUT2D eigenvalue weighted by molar-refractivity contribution is -0.131. The zero-order valence-corrected chi connectivity index (χ0v) is 14.5. The van der Waals surface area contributed by atoms with Crippen molar-refractivity contribution in [2.45, 2.75) is 25.2 Å². The van der Waals surface area contributed by atoms with Gasteiger partial charge >= 0.3 is 0 Å². The SMILES string of the molecule is O=C(Cc1cccc2ccccc12)N1CCC(c2ccsc2)CC1. The summed E-state index contributed by atoms with van der Waals surface area (Å²) in [6, 6.07) is 16.8. The third-order valence-electron chi connectivity index (χ3n) is 5.08. The van der Waals surface area contributed by atoms with Crippen LogP contribution in [-0.2, 0) is 11.2 Å². The van der Waals surface area contributed by atoms with E-state index in [2.05, 4.69) is 41.1 Å². The van der Waals surface area contributed by atoms with Crippen LogP contribution < -0.4 is 0 Å². The van der Waals surface area contributed by atoms with Crippen LogP contribution >= 0.6 is 11.3 Å². The van der Waals surface area contributed by atoms with Crippen LogP contribution in [0.1, 0.15) is 29.9 Å². The average molecular weight is 335 g/mol. The Morgan fingerprint density at radius 3 is 2.62 bits per heavy atom. The Balaban J connectivity index is 1.43. The molecule has 2 aromatic carbocycles. The van der Waals surface area contributed by atoms with Crippen molar-refractivity contribution in [3.05, 3.63) is 70.4 Å². The molecule has 24 heavy (non-hydrogen) atoms. The van der Waals surface area contributed by atoms with Gasteiger partial charge in [-0.3, -0.25) is 4.79 Å². The molecule has 0 aliphatic carbocycles. The summed E-state index contributed by atoms with van der Waals surface area (Å²) < 4.78 is 0. The number of benzene rings is 2. The molecule has 3 heteroatoms. The molecule has 2 heterocycles. The van der Waals surface area contributed by atoms with Gasteiger partial charge in [-0.2, -0.15) is 11.3 Å². The number of carbonyl (C=O) groups excluding carboxylic acids is 1. The van der Waals surface area contributed by atoms with E-state index in [1.165, 1.54) is 16.3 Å². The topological polar surface area (TPSA) is 20.3 Å². The van der Waals surface area contributed by atoms with E-state index in [9.17, 15) is 4.79 Å². The van der Waals surface area contributed by atoms with Gasteiger partial charge in [-0.15, -0.1) is 0 Å². The maximum atomic E-state index is 12.7. The summed E-state index contributed by atoms with van der Waals surface area (Å²) in [4.78, 5) is 14.8. The maximum absolute atomic E-state index is 12.7. The van der Waals surface area contributed by atoms with Crippen molar-refractivity contribution in [2.24, 2.45) is 0 Å². The summed E-state index contributed by atoms with van der Waals surface area (Å²) in [5.41, 5.74) is 2.58. The maximum Gasteiger partial charge on any atom is 0.227 e. The predicted molar refractivity (Wildman–Crippen MR) is 101 cm³/mol. The van der Waals surface area contributed by atoms with Gasteiger partial charge in [0.05, 0.1) is 6.42 Å². The van der Waals surface area contributed by atoms with Gasteiger partial charge in [0.15, 0.2) is 0 Å². The number of hydrogen-bond donors (Lipinski definition) is 0. The average Bonchev–Trinajstić information content (AvgIpc) is 3.17. The van der Waals surface area contributed by atoms with Gasteiger partial charge in [0, 0.05) is 13.1 Å². The first-order chi connectivity index (χ1) is 11.8. The molecule has 0 radical (unpaired) electrons. The Hall–Kier alpha value is -2.13. The molecule has 0 spiro atoms. The molecule has 0 saturated carbocycles. The fraction of sp³-hybridized carbons (Fsp3) is 0.286. The van der Waals surface area contributed by atoms with Crippen LogP contribution in [0.2, 0.25) is 0 Å². The van der Waals surface area contributed by atoms with Crippen LogP contribution in [0.25, 0.3) is 10.8 Å². The highest BCUT2D eigenvalue weighted by Crippen LogP contribution is 2.30. The number of fused-ring (bicyclic) bond motifs is 1. The molecule has 122 valence electrons. The number of rotatable bonds is 3. The summed E-state index contributed by atoms with van der Waals surface area (Å²) in [6.07, 6.45) is 2.67. The summed E-state index contributed by atoms with van der Waals surface area (Å²) in [5, 5.41) is 6.80. The second-order valence-electron chi connectivity index (χ2n) is 6.53. The number of carbonyl (C=O) groups is 1. The normalized spacial score (nSPS) is 15.8. The van der Waals surface area contributed by atoms with Gasteiger partial charge in [0.25, 0.3) is 0 Å². The highest BCUT2D eigenvalue weighted by molar-refractivity contribution is 7.07. The second-order valence-corrected chi connectivity index (χ2v) is 7.31. The van der Waals surface area contributed by atoms with Gasteiger partial charge in [0.2, 0.25) is 5.91 Å². The van der Waals surface area contributed by atoms with Crippen LogP contribution in [0, 0.1) is 0 Å². The van der Waals surface area contributed by atoms with Crippen molar-refractivity contribution < 1.29 is 4.79 Å². The minimum absolute atomic E-state index is 0.259. The van der Waals surface area contributed by atoms with Crippen molar-refractivity contribution in [1.29, 1.82) is 0 Å². The van der Waals surface area contributed by atoms with Crippen molar-refractivity contribution in [3.8, 4) is 0 Å². The molecular weight excluding hydrogens is 314 g/mol. The smallest absolute Gasteiger partial charge is 0.227 e. The number of nitrogens with zero attached hydrogens (tertiary/aromatic N) is 1. The Bertz CT molecular complexity index is 827. The Morgan fingerprint density at radius 1 is 1.04 bits per heavy atom. The zero-order chi connectivity index (χ0) is 16.4. The lowest BCUT2D eigenvalue weighted by Gasteiger charge is -2.32. The van der Waals surface area contributed by atoms with E-state index in [0.29, 0.717) is 12.3 Å². The summed E-state index contributed by atoms with van der Waals surface area (Å²) >= 11 is 1.76. The van der Waals surface area contributed by atoms with Crippen LogP contribution in [-0.4, -0.2) is 23.9 Å². The number of piperidine rings is 1. The zero-order valence-electron chi connectivity index (χ0n) is 13.7. The first-order valence-corrected chi connectivity index (χ1v) is 9.52. The summed E-state index contributed by atoms with van der Waals surface area (Å²) in [6.45, 7) is 1.76. The second kappa shape index (κ2) is 6.78. The van der Waals surface area contributed by atoms with E-state index in [0.717, 1.165) is 31.5 Å². The molecule has 0 unspecified atom stereocenters. The van der Waals surface area contributed by atoms with Crippen LogP contribution in [0.3, 0.4) is 0 Å². The number of likely N-dealkylation sites (tertiary alicyclic amines) is 1. The van der Waals surface area contributed by atoms with Gasteiger partial charge < -0.3 is 4.90 Å². The molecule has 1 aliphatic rings. The number of thiophene rings is 1. The molecule has 3 aromatic rings. The van der Waals surface area contributed by atoms with Crippen LogP contribution in [0.5, 0.6) is 0 Å². The van der Waals surface area contributed by atoms with Gasteiger partial charge in [-0.1, -0.05) is 42.5 Å². The van der Waals surface area contributed by atoms with E-state index in [-0.39, 0.29) is 5.91 Å². The van der Waals surface area contributed by atoms with E-state index < -0.39 is 0 Å². The van der Waals surface area contributed by atoms with Crippen molar-refractivity contribution in [3.63, 3.8) is 0 Å². The predicted octanol–water partition coefficient (Wildman–Crippen LogP) is 4.85. The molecule has 4 rings (SSSR count). The Morgan fingerprint density at radius 2 is 1.83 bits per heavy atom. The molecule has 1 aliphatic heterocycles. The molecule has 0 atom stereocenters. The molecular formula is C21H21NOS. The molecule has 0 N–H and O–H groups in total. The van der Waals surface area contributed by atoms with E-state index in [1.54, 1.807) is 11.3 Å². The van der Waals surface area contributed by atoms with Crippen LogP contribution in [0.15, 0.2) is 59.3 Å². The quantitative estimate of drug-likeness (QED) is 0.670. The highest BCUT2D eigenvalue weighted by Gasteiger charge is 2.24. The molecule has 0 bridgehead atoms. The van der Waals surface area contributed by atoms with Gasteiger partial charge in [0.1, 0.15) is 0 Å². The minimum atomic E-state index is 0.259. The van der Waals surface area contributed by atoms with Crippen molar-refractivity contribution in [2.75, 3.05) is 13.1 Å². The van der Waals surface area contributed by atoms with Gasteiger partial charge in [-0.05, 0) is 57.5 Å². The highest BCUT2D eigenvalue weighted by atomic mass is 32.1. The van der Waals surface area contributed by atoms with Crippen molar-refractivity contribution >= 4 is 28.0 Å². The van der Waals surface area contributed by atoms with E-state index in [1.807, 2.05) is 23.1 Å². The lowest BCUT2D eigenvalue weighted by Crippen LogP contribution is -2.38. The summed E-state index contributed by atoms with van der Waals surface area (Å²) in [7, 11) is 0. The largest absolute Gasteiger partial charge is 0.342 e. The third-order valence-corrected chi connectivity index (χ3v) is 5.79. The minimum Gasteiger partial charge on any atom is -0.342 e. The molecule has 2 nitrogen and oxygen atoms in total. The number of hydrogen-bond acceptors (Lipinski definition) is 2. The fourth-order valence-corrected chi connectivity index (χ4v) is 4.43. The first kappa shape index (κ1) is 15.4. The lowest BCUT2D eigenvalue weighted by atomic mass is 9.91. The van der Waals surface area contributed by atoms with Gasteiger partial charge in [-0.25, -0.2) is 0 Å². The molecule has 1 aromatic heterocycles.